The normalized spacial score (nSPS) is 12.6. The fourth-order valence-electron chi connectivity index (χ4n) is 2.62. The van der Waals surface area contributed by atoms with Crippen LogP contribution in [-0.2, 0) is 15.8 Å². The first kappa shape index (κ1) is 21.3. The number of ether oxygens (including phenoxy) is 2. The Morgan fingerprint density at radius 2 is 1.56 bits per heavy atom. The first-order valence-electron chi connectivity index (χ1n) is 9.38. The molecule has 2 aromatic carbocycles. The SMILES string of the molecule is CCCOc1ccc(C(C)NS(=O)(=O)Cc2ccccc2)cc1OCCC. The van der Waals surface area contributed by atoms with Gasteiger partial charge in [-0.1, -0.05) is 50.2 Å². The van der Waals surface area contributed by atoms with Gasteiger partial charge in [0.05, 0.1) is 19.0 Å². The fraction of sp³-hybridized carbons (Fsp3) is 0.429. The van der Waals surface area contributed by atoms with Gasteiger partial charge < -0.3 is 9.47 Å². The third kappa shape index (κ3) is 6.88. The molecular weight excluding hydrogens is 362 g/mol. The van der Waals surface area contributed by atoms with Gasteiger partial charge in [-0.3, -0.25) is 0 Å². The van der Waals surface area contributed by atoms with Gasteiger partial charge in [0.1, 0.15) is 0 Å². The molecule has 6 heteroatoms. The van der Waals surface area contributed by atoms with Crippen LogP contribution >= 0.6 is 0 Å². The number of benzene rings is 2. The Morgan fingerprint density at radius 1 is 0.926 bits per heavy atom. The first-order valence-corrected chi connectivity index (χ1v) is 11.0. The van der Waals surface area contributed by atoms with Gasteiger partial charge in [-0.15, -0.1) is 0 Å². The second-order valence-electron chi connectivity index (χ2n) is 6.49. The highest BCUT2D eigenvalue weighted by molar-refractivity contribution is 7.88. The van der Waals surface area contributed by atoms with Crippen LogP contribution in [0.3, 0.4) is 0 Å². The van der Waals surface area contributed by atoms with Crippen molar-refractivity contribution < 1.29 is 17.9 Å². The average Bonchev–Trinajstić information content (AvgIpc) is 2.65. The summed E-state index contributed by atoms with van der Waals surface area (Å²) in [5.74, 6) is 1.29. The largest absolute Gasteiger partial charge is 0.490 e. The molecule has 1 unspecified atom stereocenters. The van der Waals surface area contributed by atoms with Crippen molar-refractivity contribution in [3.63, 3.8) is 0 Å². The maximum atomic E-state index is 12.5. The molecule has 0 bridgehead atoms. The molecule has 148 valence electrons. The third-order valence-electron chi connectivity index (χ3n) is 3.95. The third-order valence-corrected chi connectivity index (χ3v) is 5.37. The molecule has 27 heavy (non-hydrogen) atoms. The molecule has 0 saturated carbocycles. The molecule has 0 amide bonds. The molecule has 0 aromatic heterocycles. The summed E-state index contributed by atoms with van der Waals surface area (Å²) in [7, 11) is -3.46. The summed E-state index contributed by atoms with van der Waals surface area (Å²) in [6.45, 7) is 7.11. The van der Waals surface area contributed by atoms with Crippen molar-refractivity contribution in [2.75, 3.05) is 13.2 Å². The first-order chi connectivity index (χ1) is 12.9. The van der Waals surface area contributed by atoms with Gasteiger partial charge in [0.2, 0.25) is 10.0 Å². The summed E-state index contributed by atoms with van der Waals surface area (Å²) in [6, 6.07) is 14.4. The number of hydrogen-bond acceptors (Lipinski definition) is 4. The van der Waals surface area contributed by atoms with Crippen LogP contribution in [0.15, 0.2) is 48.5 Å². The van der Waals surface area contributed by atoms with Crippen molar-refractivity contribution >= 4 is 10.0 Å². The maximum absolute atomic E-state index is 12.5. The predicted octanol–water partition coefficient (Wildman–Crippen LogP) is 4.44. The van der Waals surface area contributed by atoms with Crippen LogP contribution in [0.4, 0.5) is 0 Å². The quantitative estimate of drug-likeness (QED) is 0.615. The molecule has 2 rings (SSSR count). The Hall–Kier alpha value is -2.05. The maximum Gasteiger partial charge on any atom is 0.216 e. The smallest absolute Gasteiger partial charge is 0.216 e. The molecule has 0 aliphatic rings. The Balaban J connectivity index is 2.13. The Bertz CT molecular complexity index is 806. The van der Waals surface area contributed by atoms with E-state index in [-0.39, 0.29) is 11.8 Å². The van der Waals surface area contributed by atoms with Gasteiger partial charge in [-0.25, -0.2) is 13.1 Å². The van der Waals surface area contributed by atoms with E-state index in [4.69, 9.17) is 9.47 Å². The van der Waals surface area contributed by atoms with E-state index in [1.807, 2.05) is 57.2 Å². The highest BCUT2D eigenvalue weighted by atomic mass is 32.2. The predicted molar refractivity (Wildman–Crippen MR) is 109 cm³/mol. The van der Waals surface area contributed by atoms with Crippen LogP contribution < -0.4 is 14.2 Å². The molecule has 0 spiro atoms. The minimum atomic E-state index is -3.46. The molecule has 0 saturated heterocycles. The Morgan fingerprint density at radius 3 is 2.19 bits per heavy atom. The standard InChI is InChI=1S/C21H29NO4S/c1-4-13-25-20-12-11-19(15-21(20)26-14-5-2)17(3)22-27(23,24)16-18-9-7-6-8-10-18/h6-12,15,17,22H,4-5,13-14,16H2,1-3H3. The van der Waals surface area contributed by atoms with Crippen LogP contribution in [0.25, 0.3) is 0 Å². The van der Waals surface area contributed by atoms with E-state index in [0.717, 1.165) is 24.0 Å². The molecule has 0 aliphatic heterocycles. The number of nitrogens with one attached hydrogen (secondary N) is 1. The minimum absolute atomic E-state index is 0.0466. The zero-order chi connectivity index (χ0) is 19.7. The number of rotatable bonds is 11. The Labute approximate surface area is 162 Å². The second kappa shape index (κ2) is 10.3. The van der Waals surface area contributed by atoms with Crippen molar-refractivity contribution in [1.82, 2.24) is 4.72 Å². The molecular formula is C21H29NO4S. The number of hydrogen-bond donors (Lipinski definition) is 1. The van der Waals surface area contributed by atoms with Crippen molar-refractivity contribution in [1.29, 1.82) is 0 Å². The van der Waals surface area contributed by atoms with Gasteiger partial charge >= 0.3 is 0 Å². The van der Waals surface area contributed by atoms with Gasteiger partial charge in [0.25, 0.3) is 0 Å². The monoisotopic (exact) mass is 391 g/mol. The zero-order valence-electron chi connectivity index (χ0n) is 16.3. The van der Waals surface area contributed by atoms with E-state index in [1.54, 1.807) is 12.1 Å². The van der Waals surface area contributed by atoms with E-state index in [1.165, 1.54) is 0 Å². The topological polar surface area (TPSA) is 64.6 Å². The van der Waals surface area contributed by atoms with E-state index in [2.05, 4.69) is 4.72 Å². The lowest BCUT2D eigenvalue weighted by Gasteiger charge is -2.18. The van der Waals surface area contributed by atoms with Crippen molar-refractivity contribution in [3.8, 4) is 11.5 Å². The second-order valence-corrected chi connectivity index (χ2v) is 8.24. The molecule has 0 radical (unpaired) electrons. The van der Waals surface area contributed by atoms with Crippen molar-refractivity contribution in [3.05, 3.63) is 59.7 Å². The molecule has 5 nitrogen and oxygen atoms in total. The van der Waals surface area contributed by atoms with Gasteiger partial charge in [0, 0.05) is 6.04 Å². The summed E-state index contributed by atoms with van der Waals surface area (Å²) >= 11 is 0. The molecule has 0 fully saturated rings. The Kier molecular flexibility index (Phi) is 8.13. The molecule has 0 heterocycles. The van der Waals surface area contributed by atoms with E-state index in [0.29, 0.717) is 24.7 Å². The zero-order valence-corrected chi connectivity index (χ0v) is 17.1. The van der Waals surface area contributed by atoms with Crippen LogP contribution in [-0.4, -0.2) is 21.6 Å². The highest BCUT2D eigenvalue weighted by Crippen LogP contribution is 2.31. The molecule has 2 aromatic rings. The minimum Gasteiger partial charge on any atom is -0.490 e. The average molecular weight is 392 g/mol. The van der Waals surface area contributed by atoms with Crippen molar-refractivity contribution in [2.24, 2.45) is 0 Å². The van der Waals surface area contributed by atoms with E-state index in [9.17, 15) is 8.42 Å². The summed E-state index contributed by atoms with van der Waals surface area (Å²) in [5, 5.41) is 0. The molecule has 1 N–H and O–H groups in total. The van der Waals surface area contributed by atoms with E-state index < -0.39 is 10.0 Å². The van der Waals surface area contributed by atoms with Crippen LogP contribution in [0, 0.1) is 0 Å². The van der Waals surface area contributed by atoms with Crippen LogP contribution in [0.2, 0.25) is 0 Å². The number of sulfonamides is 1. The van der Waals surface area contributed by atoms with Gasteiger partial charge in [-0.05, 0) is 43.0 Å². The van der Waals surface area contributed by atoms with Gasteiger partial charge in [-0.2, -0.15) is 0 Å². The summed E-state index contributed by atoms with van der Waals surface area (Å²) < 4.78 is 39.2. The summed E-state index contributed by atoms with van der Waals surface area (Å²) in [5.41, 5.74) is 1.59. The fourth-order valence-corrected chi connectivity index (χ4v) is 4.01. The van der Waals surface area contributed by atoms with Crippen LogP contribution in [0.5, 0.6) is 11.5 Å². The van der Waals surface area contributed by atoms with Crippen LogP contribution in [0.1, 0.15) is 50.8 Å². The lowest BCUT2D eigenvalue weighted by Crippen LogP contribution is -2.28. The van der Waals surface area contributed by atoms with E-state index >= 15 is 0 Å². The highest BCUT2D eigenvalue weighted by Gasteiger charge is 2.18. The lowest BCUT2D eigenvalue weighted by molar-refractivity contribution is 0.268. The molecule has 1 atom stereocenters. The summed E-state index contributed by atoms with van der Waals surface area (Å²) in [6.07, 6.45) is 1.79. The van der Waals surface area contributed by atoms with Crippen molar-refractivity contribution in [2.45, 2.75) is 45.4 Å². The van der Waals surface area contributed by atoms with Gasteiger partial charge in [0.15, 0.2) is 11.5 Å². The molecule has 0 aliphatic carbocycles. The summed E-state index contributed by atoms with van der Waals surface area (Å²) in [4.78, 5) is 0. The lowest BCUT2D eigenvalue weighted by atomic mass is 10.1.